The summed E-state index contributed by atoms with van der Waals surface area (Å²) in [4.78, 5) is 40.1. The average Bonchev–Trinajstić information content (AvgIpc) is 2.91. The van der Waals surface area contributed by atoms with E-state index >= 15 is 0 Å². The van der Waals surface area contributed by atoms with Crippen LogP contribution < -0.4 is 5.32 Å². The molecule has 26 heavy (non-hydrogen) atoms. The number of nitrogens with one attached hydrogen (secondary N) is 1. The van der Waals surface area contributed by atoms with E-state index in [1.54, 1.807) is 11.9 Å². The first-order valence-electron chi connectivity index (χ1n) is 9.07. The molecule has 0 aliphatic carbocycles. The lowest BCUT2D eigenvalue weighted by Crippen LogP contribution is -2.39. The average molecular weight is 359 g/mol. The van der Waals surface area contributed by atoms with Crippen molar-refractivity contribution in [1.82, 2.24) is 9.80 Å². The number of anilines is 1. The molecule has 1 aliphatic rings. The van der Waals surface area contributed by atoms with Crippen molar-refractivity contribution in [3.63, 3.8) is 0 Å². The number of nitrogens with zero attached hydrogens (tertiary/aromatic N) is 2. The predicted molar refractivity (Wildman–Crippen MR) is 102 cm³/mol. The minimum atomic E-state index is -0.361. The van der Waals surface area contributed by atoms with Crippen molar-refractivity contribution in [2.45, 2.75) is 34.1 Å². The number of carbonyl (C=O) groups is 3. The Kier molecular flexibility index (Phi) is 6.40. The Bertz CT molecular complexity index is 700. The molecule has 1 atom stereocenters. The zero-order valence-corrected chi connectivity index (χ0v) is 16.3. The quantitative estimate of drug-likeness (QED) is 0.847. The van der Waals surface area contributed by atoms with Gasteiger partial charge >= 0.3 is 0 Å². The highest BCUT2D eigenvalue weighted by Gasteiger charge is 2.36. The van der Waals surface area contributed by atoms with Gasteiger partial charge in [0.05, 0.1) is 12.5 Å². The van der Waals surface area contributed by atoms with Crippen LogP contribution >= 0.6 is 0 Å². The molecule has 0 radical (unpaired) electrons. The second-order valence-corrected chi connectivity index (χ2v) is 7.58. The summed E-state index contributed by atoms with van der Waals surface area (Å²) in [5.74, 6) is -0.363. The summed E-state index contributed by atoms with van der Waals surface area (Å²) in [6.45, 7) is 9.12. The maximum Gasteiger partial charge on any atom is 0.243 e. The third-order valence-electron chi connectivity index (χ3n) is 4.78. The van der Waals surface area contributed by atoms with Crippen LogP contribution in [0.4, 0.5) is 5.69 Å². The van der Waals surface area contributed by atoms with E-state index < -0.39 is 0 Å². The molecule has 3 amide bonds. The van der Waals surface area contributed by atoms with Crippen molar-refractivity contribution in [3.8, 4) is 0 Å². The summed E-state index contributed by atoms with van der Waals surface area (Å²) in [7, 11) is 1.61. The number of rotatable bonds is 6. The fourth-order valence-corrected chi connectivity index (χ4v) is 3.24. The van der Waals surface area contributed by atoms with Crippen molar-refractivity contribution >= 4 is 23.4 Å². The highest BCUT2D eigenvalue weighted by molar-refractivity contribution is 5.96. The van der Waals surface area contributed by atoms with Gasteiger partial charge in [-0.25, -0.2) is 0 Å². The Labute approximate surface area is 155 Å². The lowest BCUT2D eigenvalue weighted by molar-refractivity contribution is -0.137. The summed E-state index contributed by atoms with van der Waals surface area (Å²) in [6.07, 6.45) is 0.231. The van der Waals surface area contributed by atoms with Gasteiger partial charge in [0.25, 0.3) is 0 Å². The first-order chi connectivity index (χ1) is 12.2. The van der Waals surface area contributed by atoms with Crippen LogP contribution in [0.3, 0.4) is 0 Å². The Hall–Kier alpha value is -2.37. The van der Waals surface area contributed by atoms with Crippen LogP contribution in [-0.2, 0) is 14.4 Å². The fourth-order valence-electron chi connectivity index (χ4n) is 3.24. The van der Waals surface area contributed by atoms with Crippen molar-refractivity contribution in [3.05, 3.63) is 29.3 Å². The first-order valence-corrected chi connectivity index (χ1v) is 9.07. The third kappa shape index (κ3) is 4.84. The molecule has 6 nitrogen and oxygen atoms in total. The molecule has 0 spiro atoms. The Morgan fingerprint density at radius 3 is 2.65 bits per heavy atom. The molecule has 1 aromatic rings. The molecule has 0 aromatic heterocycles. The molecular formula is C20H29N3O3. The maximum absolute atomic E-state index is 12.6. The van der Waals surface area contributed by atoms with Gasteiger partial charge < -0.3 is 15.1 Å². The minimum absolute atomic E-state index is 0.0188. The van der Waals surface area contributed by atoms with Crippen LogP contribution in [0.15, 0.2) is 18.2 Å². The van der Waals surface area contributed by atoms with E-state index in [1.165, 1.54) is 4.90 Å². The van der Waals surface area contributed by atoms with Crippen LogP contribution in [0.1, 0.15) is 31.4 Å². The smallest absolute Gasteiger partial charge is 0.243 e. The van der Waals surface area contributed by atoms with Crippen LogP contribution in [0, 0.1) is 25.7 Å². The van der Waals surface area contributed by atoms with E-state index in [-0.39, 0.29) is 36.6 Å². The summed E-state index contributed by atoms with van der Waals surface area (Å²) in [5, 5.41) is 2.86. The zero-order chi connectivity index (χ0) is 19.4. The standard InChI is InChI=1S/C20H29N3O3/c1-13(2)10-23-11-16(9-19(23)25)20(26)22(5)12-18(24)21-17-8-6-7-14(3)15(17)4/h6-8,13,16H,9-12H2,1-5H3,(H,21,24). The lowest BCUT2D eigenvalue weighted by Gasteiger charge is -2.22. The third-order valence-corrected chi connectivity index (χ3v) is 4.78. The number of likely N-dealkylation sites (tertiary alicyclic amines) is 1. The minimum Gasteiger partial charge on any atom is -0.342 e. The molecule has 0 saturated carbocycles. The van der Waals surface area contributed by atoms with Gasteiger partial charge in [-0.1, -0.05) is 26.0 Å². The highest BCUT2D eigenvalue weighted by Crippen LogP contribution is 2.21. The highest BCUT2D eigenvalue weighted by atomic mass is 16.2. The second kappa shape index (κ2) is 8.34. The van der Waals surface area contributed by atoms with Gasteiger partial charge in [-0.3, -0.25) is 14.4 Å². The summed E-state index contributed by atoms with van der Waals surface area (Å²) >= 11 is 0. The number of likely N-dealkylation sites (N-methyl/N-ethyl adjacent to an activating group) is 1. The van der Waals surface area contributed by atoms with Crippen molar-refractivity contribution < 1.29 is 14.4 Å². The number of aryl methyl sites for hydroxylation is 1. The van der Waals surface area contributed by atoms with Crippen molar-refractivity contribution in [1.29, 1.82) is 0 Å². The van der Waals surface area contributed by atoms with Crippen LogP contribution in [0.2, 0.25) is 0 Å². The van der Waals surface area contributed by atoms with Gasteiger partial charge in [-0.05, 0) is 37.0 Å². The Morgan fingerprint density at radius 2 is 2.00 bits per heavy atom. The molecule has 1 aliphatic heterocycles. The molecular weight excluding hydrogens is 330 g/mol. The number of benzene rings is 1. The van der Waals surface area contributed by atoms with Crippen LogP contribution in [-0.4, -0.2) is 54.2 Å². The van der Waals surface area contributed by atoms with E-state index in [0.29, 0.717) is 19.0 Å². The Morgan fingerprint density at radius 1 is 1.31 bits per heavy atom. The number of hydrogen-bond donors (Lipinski definition) is 1. The van der Waals surface area contributed by atoms with E-state index in [2.05, 4.69) is 5.32 Å². The number of hydrogen-bond acceptors (Lipinski definition) is 3. The largest absolute Gasteiger partial charge is 0.342 e. The van der Waals surface area contributed by atoms with E-state index in [0.717, 1.165) is 16.8 Å². The van der Waals surface area contributed by atoms with E-state index in [4.69, 9.17) is 0 Å². The Balaban J connectivity index is 1.91. The van der Waals surface area contributed by atoms with Crippen molar-refractivity contribution in [2.75, 3.05) is 32.0 Å². The SMILES string of the molecule is Cc1cccc(NC(=O)CN(C)C(=O)C2CC(=O)N(CC(C)C)C2)c1C. The molecule has 1 saturated heterocycles. The molecule has 1 fully saturated rings. The topological polar surface area (TPSA) is 69.7 Å². The molecule has 1 aromatic carbocycles. The molecule has 0 bridgehead atoms. The fraction of sp³-hybridized carbons (Fsp3) is 0.550. The summed E-state index contributed by atoms with van der Waals surface area (Å²) in [6, 6.07) is 5.72. The molecule has 2 rings (SSSR count). The van der Waals surface area contributed by atoms with Crippen LogP contribution in [0.5, 0.6) is 0 Å². The summed E-state index contributed by atoms with van der Waals surface area (Å²) < 4.78 is 0. The predicted octanol–water partition coefficient (Wildman–Crippen LogP) is 2.20. The van der Waals surface area contributed by atoms with Crippen LogP contribution in [0.25, 0.3) is 0 Å². The van der Waals surface area contributed by atoms with Crippen molar-refractivity contribution in [2.24, 2.45) is 11.8 Å². The van der Waals surface area contributed by atoms with Gasteiger partial charge in [0.15, 0.2) is 0 Å². The number of amides is 3. The number of carbonyl (C=O) groups excluding carboxylic acids is 3. The first kappa shape index (κ1) is 19.9. The normalized spacial score (nSPS) is 16.9. The van der Waals surface area contributed by atoms with Gasteiger partial charge in [0.2, 0.25) is 17.7 Å². The molecule has 1 N–H and O–H groups in total. The van der Waals surface area contributed by atoms with E-state index in [9.17, 15) is 14.4 Å². The molecule has 1 unspecified atom stereocenters. The monoisotopic (exact) mass is 359 g/mol. The lowest BCUT2D eigenvalue weighted by atomic mass is 10.1. The zero-order valence-electron chi connectivity index (χ0n) is 16.3. The van der Waals surface area contributed by atoms with Gasteiger partial charge in [-0.2, -0.15) is 0 Å². The molecule has 1 heterocycles. The second-order valence-electron chi connectivity index (χ2n) is 7.58. The molecule has 6 heteroatoms. The van der Waals surface area contributed by atoms with E-state index in [1.807, 2.05) is 45.9 Å². The van der Waals surface area contributed by atoms with Gasteiger partial charge in [0, 0.05) is 32.2 Å². The van der Waals surface area contributed by atoms with Gasteiger partial charge in [0.1, 0.15) is 0 Å². The molecule has 142 valence electrons. The van der Waals surface area contributed by atoms with Gasteiger partial charge in [-0.15, -0.1) is 0 Å². The maximum atomic E-state index is 12.6. The summed E-state index contributed by atoms with van der Waals surface area (Å²) in [5.41, 5.74) is 2.87.